The van der Waals surface area contributed by atoms with Crippen LogP contribution in [0.4, 0.5) is 13.2 Å². The van der Waals surface area contributed by atoms with Crippen molar-refractivity contribution >= 4 is 11.8 Å². The number of nitrogens with one attached hydrogen (secondary N) is 1. The molecule has 0 fully saturated rings. The molecular formula is C18H14F3N3O4S. The summed E-state index contributed by atoms with van der Waals surface area (Å²) < 4.78 is 65.3. The molecule has 0 bridgehead atoms. The van der Waals surface area contributed by atoms with Crippen LogP contribution in [-0.2, 0) is 6.98 Å². The number of hydrogen-bond donors (Lipinski definition) is 1. The van der Waals surface area contributed by atoms with E-state index in [1.807, 2.05) is 0 Å². The summed E-state index contributed by atoms with van der Waals surface area (Å²) in [7, 11) is 0. The number of aryl methyl sites for hydroxylation is 1. The van der Waals surface area contributed by atoms with Crippen LogP contribution in [0.25, 0.3) is 5.69 Å². The van der Waals surface area contributed by atoms with Gasteiger partial charge in [-0.3, -0.25) is 4.98 Å². The molecule has 0 saturated heterocycles. The molecule has 29 heavy (non-hydrogen) atoms. The summed E-state index contributed by atoms with van der Waals surface area (Å²) in [5, 5.41) is 0. The van der Waals surface area contributed by atoms with Crippen LogP contribution >= 0.6 is 11.8 Å². The van der Waals surface area contributed by atoms with Crippen LogP contribution in [0, 0.1) is 6.92 Å². The number of alkyl halides is 3. The van der Waals surface area contributed by atoms with Gasteiger partial charge in [0.2, 0.25) is 0 Å². The number of rotatable bonds is 4. The fraction of sp³-hybridized carbons (Fsp3) is 0.167. The number of hydrogen-bond acceptors (Lipinski definition) is 5. The Balaban J connectivity index is 1.94. The lowest BCUT2D eigenvalue weighted by atomic mass is 10.2. The maximum atomic E-state index is 12.5. The third-order valence-electron chi connectivity index (χ3n) is 3.70. The number of aromatic nitrogens is 3. The van der Waals surface area contributed by atoms with Crippen molar-refractivity contribution in [3.63, 3.8) is 0 Å². The van der Waals surface area contributed by atoms with Gasteiger partial charge in [-0.15, -0.1) is 0 Å². The molecule has 0 aliphatic carbocycles. The van der Waals surface area contributed by atoms with Crippen molar-refractivity contribution in [1.29, 1.82) is 0 Å². The third-order valence-corrected chi connectivity index (χ3v) is 4.44. The van der Waals surface area contributed by atoms with E-state index in [1.165, 1.54) is 42.5 Å². The van der Waals surface area contributed by atoms with Crippen molar-refractivity contribution in [3.8, 4) is 17.2 Å². The van der Waals surface area contributed by atoms with E-state index >= 15 is 0 Å². The lowest BCUT2D eigenvalue weighted by Gasteiger charge is -2.12. The Kier molecular flexibility index (Phi) is 4.42. The molecule has 0 aliphatic rings. The minimum atomic E-state index is -4.41. The van der Waals surface area contributed by atoms with Crippen LogP contribution in [0.5, 0.6) is 11.5 Å². The van der Waals surface area contributed by atoms with Crippen molar-refractivity contribution in [2.45, 2.75) is 17.3 Å². The zero-order valence-corrected chi connectivity index (χ0v) is 15.4. The Morgan fingerprint density at radius 3 is 2.34 bits per heavy atom. The highest BCUT2D eigenvalue weighted by atomic mass is 32.2. The summed E-state index contributed by atoms with van der Waals surface area (Å²) in [6.07, 6.45) is 0. The molecular weight excluding hydrogens is 411 g/mol. The van der Waals surface area contributed by atoms with Crippen molar-refractivity contribution in [3.05, 3.63) is 79.5 Å². The molecule has 1 heterocycles. The highest BCUT2D eigenvalue weighted by Gasteiger charge is 2.29. The minimum absolute atomic E-state index is 0.0140. The first-order valence-corrected chi connectivity index (χ1v) is 8.71. The zero-order chi connectivity index (χ0) is 23.8. The molecule has 152 valence electrons. The third kappa shape index (κ3) is 4.62. The van der Waals surface area contributed by atoms with Crippen LogP contribution in [-0.4, -0.2) is 19.6 Å². The Morgan fingerprint density at radius 2 is 1.76 bits per heavy atom. The van der Waals surface area contributed by atoms with E-state index < -0.39 is 29.6 Å². The molecule has 2 aromatic carbocycles. The summed E-state index contributed by atoms with van der Waals surface area (Å²) in [6.45, 7) is -1.53. The second-order valence-corrected chi connectivity index (χ2v) is 6.90. The van der Waals surface area contributed by atoms with Gasteiger partial charge in [0.1, 0.15) is 11.5 Å². The summed E-state index contributed by atoms with van der Waals surface area (Å²) >= 11 is -0.260. The Morgan fingerprint density at radius 1 is 1.07 bits per heavy atom. The molecule has 11 heteroatoms. The fourth-order valence-corrected chi connectivity index (χ4v) is 2.97. The van der Waals surface area contributed by atoms with Gasteiger partial charge in [0.25, 0.3) is 0 Å². The summed E-state index contributed by atoms with van der Waals surface area (Å²) in [5.74, 6) is 0.525. The van der Waals surface area contributed by atoms with Crippen molar-refractivity contribution in [2.24, 2.45) is 6.98 Å². The first-order chi connectivity index (χ1) is 14.8. The van der Waals surface area contributed by atoms with Gasteiger partial charge in [-0.1, -0.05) is 0 Å². The molecule has 0 radical (unpaired) electrons. The van der Waals surface area contributed by atoms with Gasteiger partial charge < -0.3 is 4.74 Å². The number of aromatic amines is 1. The number of nitrogens with zero attached hydrogens (tertiary/aromatic N) is 2. The molecule has 7 nitrogen and oxygen atoms in total. The first kappa shape index (κ1) is 16.7. The average molecular weight is 428 g/mol. The number of H-pyrrole nitrogens is 1. The van der Waals surface area contributed by atoms with Crippen LogP contribution < -0.4 is 21.8 Å². The van der Waals surface area contributed by atoms with Crippen LogP contribution in [0.2, 0.25) is 0 Å². The molecule has 0 atom stereocenters. The van der Waals surface area contributed by atoms with E-state index in [0.717, 1.165) is 0 Å². The van der Waals surface area contributed by atoms with E-state index in [-0.39, 0.29) is 38.4 Å². The van der Waals surface area contributed by atoms with E-state index in [1.54, 1.807) is 11.9 Å². The predicted molar refractivity (Wildman–Crippen MR) is 101 cm³/mol. The summed E-state index contributed by atoms with van der Waals surface area (Å²) in [5.41, 5.74) is -7.83. The predicted octanol–water partition coefficient (Wildman–Crippen LogP) is 2.94. The Labute approximate surface area is 169 Å². The molecule has 1 aromatic heterocycles. The summed E-state index contributed by atoms with van der Waals surface area (Å²) in [6, 6.07) is 9.23. The molecule has 0 spiro atoms. The lowest BCUT2D eigenvalue weighted by molar-refractivity contribution is -0.0328. The Hall–Kier alpha value is -3.21. The molecule has 0 aliphatic heterocycles. The van der Waals surface area contributed by atoms with Gasteiger partial charge in [0.15, 0.2) is 0 Å². The SMILES string of the molecule is [2H]C([2H])([2H])n1c(=O)[nH]c(=O)n(-c2ccc(Oc3ccc(SC(F)(F)F)cc3)c(C)c2)c1=O. The van der Waals surface area contributed by atoms with Crippen molar-refractivity contribution < 1.29 is 22.0 Å². The van der Waals surface area contributed by atoms with Gasteiger partial charge >= 0.3 is 22.6 Å². The van der Waals surface area contributed by atoms with Gasteiger partial charge in [-0.2, -0.15) is 13.2 Å². The van der Waals surface area contributed by atoms with Crippen molar-refractivity contribution in [1.82, 2.24) is 14.1 Å². The van der Waals surface area contributed by atoms with Gasteiger partial charge in [0.05, 0.1) is 5.69 Å². The van der Waals surface area contributed by atoms with E-state index in [2.05, 4.69) is 0 Å². The quantitative estimate of drug-likeness (QED) is 0.646. The number of thioether (sulfide) groups is 1. The monoisotopic (exact) mass is 428 g/mol. The summed E-state index contributed by atoms with van der Waals surface area (Å²) in [4.78, 5) is 38.2. The first-order valence-electron chi connectivity index (χ1n) is 9.40. The van der Waals surface area contributed by atoms with Crippen LogP contribution in [0.15, 0.2) is 61.7 Å². The normalized spacial score (nSPS) is 13.4. The van der Waals surface area contributed by atoms with E-state index in [0.29, 0.717) is 10.1 Å². The highest BCUT2D eigenvalue weighted by molar-refractivity contribution is 8.00. The smallest absolute Gasteiger partial charge is 0.446 e. The van der Waals surface area contributed by atoms with Gasteiger partial charge in [-0.25, -0.2) is 23.5 Å². The van der Waals surface area contributed by atoms with E-state index in [9.17, 15) is 27.6 Å². The molecule has 0 saturated carbocycles. The second kappa shape index (κ2) is 7.66. The van der Waals surface area contributed by atoms with Crippen LogP contribution in [0.3, 0.4) is 0 Å². The average Bonchev–Trinajstić information content (AvgIpc) is 2.62. The maximum Gasteiger partial charge on any atom is 0.446 e. The van der Waals surface area contributed by atoms with E-state index in [4.69, 9.17) is 8.85 Å². The minimum Gasteiger partial charge on any atom is -0.457 e. The fourth-order valence-electron chi connectivity index (χ4n) is 2.43. The second-order valence-electron chi connectivity index (χ2n) is 5.76. The molecule has 0 amide bonds. The zero-order valence-electron chi connectivity index (χ0n) is 17.6. The number of halogens is 3. The standard InChI is InChI=1S/C18H14F3N3O4S/c1-10-9-11(24-16(26)22-15(25)23(2)17(24)27)3-8-14(10)28-12-4-6-13(7-5-12)29-18(19,20)21/h3-9H,1-2H3,(H,22,25,26)/i2D3. The van der Waals surface area contributed by atoms with Gasteiger partial charge in [-0.05, 0) is 66.7 Å². The molecule has 0 unspecified atom stereocenters. The highest BCUT2D eigenvalue weighted by Crippen LogP contribution is 2.37. The molecule has 3 aromatic rings. The number of ether oxygens (including phenoxy) is 1. The van der Waals surface area contributed by atoms with Crippen LogP contribution in [0.1, 0.15) is 9.68 Å². The molecule has 1 N–H and O–H groups in total. The Bertz CT molecular complexity index is 1330. The topological polar surface area (TPSA) is 86.1 Å². The van der Waals surface area contributed by atoms with Gasteiger partial charge in [0, 0.05) is 16.0 Å². The number of benzene rings is 2. The lowest BCUT2D eigenvalue weighted by Crippen LogP contribution is -2.47. The maximum absolute atomic E-state index is 12.5. The largest absolute Gasteiger partial charge is 0.457 e. The molecule has 3 rings (SSSR count). The van der Waals surface area contributed by atoms with Crippen molar-refractivity contribution in [2.75, 3.05) is 0 Å².